The van der Waals surface area contributed by atoms with Gasteiger partial charge in [0.2, 0.25) is 0 Å². The second-order valence-corrected chi connectivity index (χ2v) is 6.15. The van der Waals surface area contributed by atoms with Crippen molar-refractivity contribution < 1.29 is 14.3 Å². The van der Waals surface area contributed by atoms with Crippen LogP contribution in [0.1, 0.15) is 15.9 Å². The molecule has 2 heterocycles. The second-order valence-electron chi connectivity index (χ2n) is 6.15. The molecule has 1 atom stereocenters. The van der Waals surface area contributed by atoms with Crippen molar-refractivity contribution in [3.63, 3.8) is 0 Å². The summed E-state index contributed by atoms with van der Waals surface area (Å²) in [7, 11) is 1.76. The highest BCUT2D eigenvalue weighted by molar-refractivity contribution is 5.97. The molecule has 1 aromatic carbocycles. The number of rotatable bonds is 7. The number of aliphatic hydroxyl groups is 1. The molecule has 26 heavy (non-hydrogen) atoms. The van der Waals surface area contributed by atoms with Crippen LogP contribution in [0, 0.1) is 11.7 Å². The highest BCUT2D eigenvalue weighted by atomic mass is 19.1. The lowest BCUT2D eigenvalue weighted by molar-refractivity contribution is 0.0940. The van der Waals surface area contributed by atoms with Gasteiger partial charge in [0, 0.05) is 38.5 Å². The molecule has 0 bridgehead atoms. The number of aliphatic hydroxyl groups excluding tert-OH is 1. The van der Waals surface area contributed by atoms with Crippen molar-refractivity contribution in [1.29, 1.82) is 0 Å². The maximum Gasteiger partial charge on any atom is 0.256 e. The zero-order chi connectivity index (χ0) is 18.5. The summed E-state index contributed by atoms with van der Waals surface area (Å²) in [6, 6.07) is 10.2. The molecule has 3 aromatic rings. The molecule has 1 amide bonds. The summed E-state index contributed by atoms with van der Waals surface area (Å²) >= 11 is 0. The van der Waals surface area contributed by atoms with Gasteiger partial charge in [-0.1, -0.05) is 18.2 Å². The number of hydrogen-bond donors (Lipinski definition) is 2. The van der Waals surface area contributed by atoms with Crippen molar-refractivity contribution in [3.8, 4) is 5.82 Å². The molecule has 0 saturated heterocycles. The first-order valence-electron chi connectivity index (χ1n) is 8.38. The normalized spacial score (nSPS) is 12.1. The largest absolute Gasteiger partial charge is 0.396 e. The molecule has 0 fully saturated rings. The van der Waals surface area contributed by atoms with Crippen LogP contribution < -0.4 is 5.32 Å². The Balaban J connectivity index is 1.68. The number of nitrogens with zero attached hydrogens (tertiary/aromatic N) is 3. The Morgan fingerprint density at radius 1 is 1.27 bits per heavy atom. The van der Waals surface area contributed by atoms with Gasteiger partial charge in [0.15, 0.2) is 0 Å². The number of hydrogen-bond acceptors (Lipinski definition) is 3. The molecule has 6 nitrogen and oxygen atoms in total. The van der Waals surface area contributed by atoms with Gasteiger partial charge in [-0.15, -0.1) is 0 Å². The fourth-order valence-electron chi connectivity index (χ4n) is 2.88. The molecule has 7 heteroatoms. The van der Waals surface area contributed by atoms with Gasteiger partial charge in [-0.05, 0) is 30.2 Å². The molecule has 2 N–H and O–H groups in total. The van der Waals surface area contributed by atoms with E-state index < -0.39 is 0 Å². The Morgan fingerprint density at radius 2 is 2.00 bits per heavy atom. The zero-order valence-corrected chi connectivity index (χ0v) is 14.5. The van der Waals surface area contributed by atoms with Gasteiger partial charge >= 0.3 is 0 Å². The first kappa shape index (κ1) is 17.9. The van der Waals surface area contributed by atoms with E-state index in [1.807, 2.05) is 29.1 Å². The van der Waals surface area contributed by atoms with Gasteiger partial charge in [-0.25, -0.2) is 4.39 Å². The minimum atomic E-state index is -0.306. The molecule has 0 radical (unpaired) electrons. The van der Waals surface area contributed by atoms with Gasteiger partial charge < -0.3 is 15.0 Å². The molecule has 0 aliphatic carbocycles. The number of amides is 1. The SMILES string of the molecule is Cn1ncc(C(=O)NCC(CO)Cc2ccccc2F)c1-n1cccc1. The lowest BCUT2D eigenvalue weighted by atomic mass is 9.99. The number of carbonyl (C=O) groups excluding carboxylic acids is 1. The van der Waals surface area contributed by atoms with E-state index in [9.17, 15) is 14.3 Å². The summed E-state index contributed by atoms with van der Waals surface area (Å²) in [6.07, 6.45) is 5.53. The fourth-order valence-corrected chi connectivity index (χ4v) is 2.88. The van der Waals surface area contributed by atoms with E-state index in [2.05, 4.69) is 10.4 Å². The molecule has 136 valence electrons. The maximum atomic E-state index is 13.8. The Bertz CT molecular complexity index is 874. The van der Waals surface area contributed by atoms with E-state index in [4.69, 9.17) is 0 Å². The first-order chi connectivity index (χ1) is 12.6. The highest BCUT2D eigenvalue weighted by Gasteiger charge is 2.19. The minimum Gasteiger partial charge on any atom is -0.396 e. The van der Waals surface area contributed by atoms with Crippen molar-refractivity contribution in [2.24, 2.45) is 13.0 Å². The Hall–Kier alpha value is -2.93. The topological polar surface area (TPSA) is 72.1 Å². The third-order valence-corrected chi connectivity index (χ3v) is 4.28. The van der Waals surface area contributed by atoms with Crippen LogP contribution in [0.2, 0.25) is 0 Å². The van der Waals surface area contributed by atoms with Crippen molar-refractivity contribution >= 4 is 5.91 Å². The molecule has 2 aromatic heterocycles. The van der Waals surface area contributed by atoms with E-state index in [1.165, 1.54) is 12.3 Å². The van der Waals surface area contributed by atoms with Gasteiger partial charge in [-0.2, -0.15) is 5.10 Å². The average Bonchev–Trinajstić information content (AvgIpc) is 3.29. The number of aryl methyl sites for hydroxylation is 1. The summed E-state index contributed by atoms with van der Waals surface area (Å²) in [5.74, 6) is -0.210. The minimum absolute atomic E-state index is 0.147. The van der Waals surface area contributed by atoms with E-state index in [0.717, 1.165) is 0 Å². The average molecular weight is 356 g/mol. The van der Waals surface area contributed by atoms with Crippen LogP contribution in [0.4, 0.5) is 4.39 Å². The number of carbonyl (C=O) groups is 1. The lowest BCUT2D eigenvalue weighted by Crippen LogP contribution is -2.32. The van der Waals surface area contributed by atoms with Crippen molar-refractivity contribution in [1.82, 2.24) is 19.7 Å². The predicted molar refractivity (Wildman–Crippen MR) is 95.5 cm³/mol. The first-order valence-corrected chi connectivity index (χ1v) is 8.38. The lowest BCUT2D eigenvalue weighted by Gasteiger charge is -2.16. The van der Waals surface area contributed by atoms with Crippen LogP contribution in [-0.4, -0.2) is 38.5 Å². The van der Waals surface area contributed by atoms with Crippen molar-refractivity contribution in [2.75, 3.05) is 13.2 Å². The summed E-state index contributed by atoms with van der Waals surface area (Å²) < 4.78 is 17.2. The number of aromatic nitrogens is 3. The third-order valence-electron chi connectivity index (χ3n) is 4.28. The quantitative estimate of drug-likeness (QED) is 0.679. The van der Waals surface area contributed by atoms with Crippen molar-refractivity contribution in [2.45, 2.75) is 6.42 Å². The van der Waals surface area contributed by atoms with Crippen LogP contribution in [0.15, 0.2) is 55.0 Å². The van der Waals surface area contributed by atoms with E-state index in [0.29, 0.717) is 23.4 Å². The Labute approximate surface area is 150 Å². The van der Waals surface area contributed by atoms with E-state index in [-0.39, 0.29) is 30.8 Å². The number of halogens is 1. The highest BCUT2D eigenvalue weighted by Crippen LogP contribution is 2.15. The molecule has 0 spiro atoms. The van der Waals surface area contributed by atoms with Crippen LogP contribution >= 0.6 is 0 Å². The predicted octanol–water partition coefficient (Wildman–Crippen LogP) is 1.93. The molecular weight excluding hydrogens is 335 g/mol. The number of nitrogens with one attached hydrogen (secondary N) is 1. The fraction of sp³-hybridized carbons (Fsp3) is 0.263. The van der Waals surface area contributed by atoms with Crippen LogP contribution in [-0.2, 0) is 13.5 Å². The molecule has 3 rings (SSSR count). The summed E-state index contributed by atoms with van der Waals surface area (Å²) in [5.41, 5.74) is 0.960. The monoisotopic (exact) mass is 356 g/mol. The summed E-state index contributed by atoms with van der Waals surface area (Å²) in [4.78, 5) is 12.6. The molecular formula is C19H21FN4O2. The van der Waals surface area contributed by atoms with Gasteiger partial charge in [0.05, 0.1) is 6.20 Å². The standard InChI is InChI=1S/C19H21FN4O2/c1-23-19(24-8-4-5-9-24)16(12-22-23)18(26)21-11-14(13-25)10-15-6-2-3-7-17(15)20/h2-9,12,14,25H,10-11,13H2,1H3,(H,21,26). The summed E-state index contributed by atoms with van der Waals surface area (Å²) in [5, 5.41) is 16.5. The van der Waals surface area contributed by atoms with Crippen LogP contribution in [0.25, 0.3) is 5.82 Å². The molecule has 0 saturated carbocycles. The van der Waals surface area contributed by atoms with Gasteiger partial charge in [0.1, 0.15) is 17.2 Å². The zero-order valence-electron chi connectivity index (χ0n) is 14.5. The van der Waals surface area contributed by atoms with Gasteiger partial charge in [-0.3, -0.25) is 9.48 Å². The van der Waals surface area contributed by atoms with E-state index in [1.54, 1.807) is 29.9 Å². The van der Waals surface area contributed by atoms with Crippen molar-refractivity contribution in [3.05, 3.63) is 71.9 Å². The number of benzene rings is 1. The Morgan fingerprint density at radius 3 is 2.69 bits per heavy atom. The molecule has 0 aliphatic rings. The third kappa shape index (κ3) is 3.83. The van der Waals surface area contributed by atoms with Crippen LogP contribution in [0.5, 0.6) is 0 Å². The smallest absolute Gasteiger partial charge is 0.256 e. The molecule has 0 aliphatic heterocycles. The van der Waals surface area contributed by atoms with Crippen LogP contribution in [0.3, 0.4) is 0 Å². The molecule has 1 unspecified atom stereocenters. The summed E-state index contributed by atoms with van der Waals surface area (Å²) in [6.45, 7) is 0.0930. The Kier molecular flexibility index (Phi) is 5.48. The van der Waals surface area contributed by atoms with Gasteiger partial charge in [0.25, 0.3) is 5.91 Å². The van der Waals surface area contributed by atoms with E-state index >= 15 is 0 Å². The maximum absolute atomic E-state index is 13.8. The second kappa shape index (κ2) is 7.97.